The van der Waals surface area contributed by atoms with E-state index in [2.05, 4.69) is 27.0 Å². The Kier molecular flexibility index (Phi) is 4.96. The van der Waals surface area contributed by atoms with Gasteiger partial charge in [-0.1, -0.05) is 30.3 Å². The largest absolute Gasteiger partial charge is 0.360 e. The van der Waals surface area contributed by atoms with E-state index >= 15 is 0 Å². The Labute approximate surface area is 167 Å². The number of anilines is 2. The SMILES string of the molecule is CN1CC2(CCN(c3nccnc3N(C)C)CC2)C[C@H](c2ccccc2)C1=O. The first-order chi connectivity index (χ1) is 13.5. The Morgan fingerprint density at radius 1 is 1.07 bits per heavy atom. The average molecular weight is 380 g/mol. The van der Waals surface area contributed by atoms with Crippen LogP contribution in [-0.2, 0) is 4.79 Å². The highest BCUT2D eigenvalue weighted by molar-refractivity contribution is 5.84. The first kappa shape index (κ1) is 18.7. The van der Waals surface area contributed by atoms with E-state index in [1.54, 1.807) is 12.4 Å². The lowest BCUT2D eigenvalue weighted by Gasteiger charge is -2.49. The van der Waals surface area contributed by atoms with Crippen LogP contribution in [0.3, 0.4) is 0 Å². The molecular weight excluding hydrogens is 350 g/mol. The first-order valence-corrected chi connectivity index (χ1v) is 10.0. The van der Waals surface area contributed by atoms with E-state index in [9.17, 15) is 4.79 Å². The van der Waals surface area contributed by atoms with E-state index in [4.69, 9.17) is 0 Å². The fraction of sp³-hybridized carbons (Fsp3) is 0.500. The Hall–Kier alpha value is -2.63. The summed E-state index contributed by atoms with van der Waals surface area (Å²) in [5.41, 5.74) is 1.32. The Morgan fingerprint density at radius 2 is 1.75 bits per heavy atom. The van der Waals surface area contributed by atoms with E-state index in [1.165, 1.54) is 0 Å². The van der Waals surface area contributed by atoms with Gasteiger partial charge >= 0.3 is 0 Å². The number of rotatable bonds is 3. The molecule has 0 saturated carbocycles. The number of likely N-dealkylation sites (tertiary alicyclic amines) is 1. The lowest BCUT2D eigenvalue weighted by Crippen LogP contribution is -2.53. The molecule has 2 fully saturated rings. The van der Waals surface area contributed by atoms with Crippen molar-refractivity contribution >= 4 is 17.5 Å². The standard InChI is InChI=1S/C22H29N5O/c1-25(2)19-20(24-12-11-23-19)27-13-9-22(10-14-27)15-18(21(28)26(3)16-22)17-7-5-4-6-8-17/h4-8,11-12,18H,9-10,13-16H2,1-3H3/t18-/m1/s1. The van der Waals surface area contributed by atoms with Crippen molar-refractivity contribution in [2.24, 2.45) is 5.41 Å². The molecule has 1 aromatic carbocycles. The summed E-state index contributed by atoms with van der Waals surface area (Å²) in [5, 5.41) is 0. The van der Waals surface area contributed by atoms with Crippen molar-refractivity contribution in [3.05, 3.63) is 48.3 Å². The van der Waals surface area contributed by atoms with Crippen LogP contribution in [0.25, 0.3) is 0 Å². The number of nitrogens with zero attached hydrogens (tertiary/aromatic N) is 5. The fourth-order valence-electron chi connectivity index (χ4n) is 4.79. The summed E-state index contributed by atoms with van der Waals surface area (Å²) in [7, 11) is 5.97. The number of piperidine rings is 2. The van der Waals surface area contributed by atoms with E-state index in [-0.39, 0.29) is 17.2 Å². The number of carbonyl (C=O) groups excluding carboxylic acids is 1. The van der Waals surface area contributed by atoms with Crippen LogP contribution in [0, 0.1) is 5.41 Å². The summed E-state index contributed by atoms with van der Waals surface area (Å²) in [4.78, 5) is 28.3. The predicted molar refractivity (Wildman–Crippen MR) is 112 cm³/mol. The third-order valence-electron chi connectivity index (χ3n) is 6.29. The number of benzene rings is 1. The topological polar surface area (TPSA) is 52.6 Å². The van der Waals surface area contributed by atoms with Gasteiger partial charge in [0, 0.05) is 53.2 Å². The van der Waals surface area contributed by atoms with Gasteiger partial charge in [0.25, 0.3) is 0 Å². The van der Waals surface area contributed by atoms with Gasteiger partial charge < -0.3 is 14.7 Å². The maximum Gasteiger partial charge on any atom is 0.229 e. The first-order valence-electron chi connectivity index (χ1n) is 10.0. The second-order valence-electron chi connectivity index (χ2n) is 8.45. The highest BCUT2D eigenvalue weighted by Gasteiger charge is 2.45. The van der Waals surface area contributed by atoms with Crippen molar-refractivity contribution < 1.29 is 4.79 Å². The second kappa shape index (κ2) is 7.41. The van der Waals surface area contributed by atoms with Crippen LogP contribution >= 0.6 is 0 Å². The molecule has 0 radical (unpaired) electrons. The predicted octanol–water partition coefficient (Wildman–Crippen LogP) is 2.78. The summed E-state index contributed by atoms with van der Waals surface area (Å²) in [6, 6.07) is 10.3. The van der Waals surface area contributed by atoms with Gasteiger partial charge in [-0.25, -0.2) is 9.97 Å². The lowest BCUT2D eigenvalue weighted by atomic mass is 9.68. The van der Waals surface area contributed by atoms with Gasteiger partial charge in [0.1, 0.15) is 0 Å². The van der Waals surface area contributed by atoms with Gasteiger partial charge in [0.2, 0.25) is 5.91 Å². The van der Waals surface area contributed by atoms with Crippen LogP contribution < -0.4 is 9.80 Å². The molecule has 2 saturated heterocycles. The molecule has 1 aromatic heterocycles. The minimum atomic E-state index is -0.0275. The van der Waals surface area contributed by atoms with Crippen LogP contribution in [0.4, 0.5) is 11.6 Å². The van der Waals surface area contributed by atoms with Gasteiger partial charge in [-0.05, 0) is 30.2 Å². The van der Waals surface area contributed by atoms with Gasteiger partial charge in [0.15, 0.2) is 11.6 Å². The molecule has 1 amide bonds. The minimum absolute atomic E-state index is 0.0275. The molecule has 0 unspecified atom stereocenters. The molecule has 6 nitrogen and oxygen atoms in total. The number of likely N-dealkylation sites (N-methyl/N-ethyl adjacent to an activating group) is 1. The highest BCUT2D eigenvalue weighted by atomic mass is 16.2. The fourth-order valence-corrected chi connectivity index (χ4v) is 4.79. The molecular formula is C22H29N5O. The quantitative estimate of drug-likeness (QED) is 0.821. The molecule has 0 bridgehead atoms. The van der Waals surface area contributed by atoms with E-state index in [0.29, 0.717) is 0 Å². The molecule has 2 aromatic rings. The van der Waals surface area contributed by atoms with Gasteiger partial charge in [-0.2, -0.15) is 0 Å². The Balaban J connectivity index is 1.53. The number of carbonyl (C=O) groups is 1. The monoisotopic (exact) mass is 379 g/mol. The molecule has 2 aliphatic heterocycles. The maximum absolute atomic E-state index is 12.8. The lowest BCUT2D eigenvalue weighted by molar-refractivity contribution is -0.138. The Morgan fingerprint density at radius 3 is 2.43 bits per heavy atom. The van der Waals surface area contributed by atoms with E-state index in [1.807, 2.05) is 49.1 Å². The summed E-state index contributed by atoms with van der Waals surface area (Å²) in [6.07, 6.45) is 6.59. The second-order valence-corrected chi connectivity index (χ2v) is 8.45. The zero-order chi connectivity index (χ0) is 19.7. The summed E-state index contributed by atoms with van der Waals surface area (Å²) in [6.45, 7) is 2.75. The van der Waals surface area contributed by atoms with Crippen LogP contribution in [0.5, 0.6) is 0 Å². The van der Waals surface area contributed by atoms with Crippen LogP contribution in [0.15, 0.2) is 42.7 Å². The van der Waals surface area contributed by atoms with Crippen LogP contribution in [0.2, 0.25) is 0 Å². The smallest absolute Gasteiger partial charge is 0.229 e. The summed E-state index contributed by atoms with van der Waals surface area (Å²) < 4.78 is 0. The minimum Gasteiger partial charge on any atom is -0.360 e. The van der Waals surface area contributed by atoms with Gasteiger partial charge in [-0.15, -0.1) is 0 Å². The molecule has 28 heavy (non-hydrogen) atoms. The third kappa shape index (κ3) is 3.43. The molecule has 1 spiro atoms. The van der Waals surface area contributed by atoms with Crippen molar-refractivity contribution in [3.63, 3.8) is 0 Å². The average Bonchev–Trinajstić information content (AvgIpc) is 2.72. The van der Waals surface area contributed by atoms with Crippen molar-refractivity contribution in [2.75, 3.05) is 50.6 Å². The maximum atomic E-state index is 12.8. The molecule has 148 valence electrons. The third-order valence-corrected chi connectivity index (χ3v) is 6.29. The molecule has 3 heterocycles. The van der Waals surface area contributed by atoms with Crippen molar-refractivity contribution in [2.45, 2.75) is 25.2 Å². The number of hydrogen-bond acceptors (Lipinski definition) is 5. The van der Waals surface area contributed by atoms with Crippen LogP contribution in [0.1, 0.15) is 30.7 Å². The van der Waals surface area contributed by atoms with Gasteiger partial charge in [0.05, 0.1) is 5.92 Å². The number of amides is 1. The van der Waals surface area contributed by atoms with Crippen LogP contribution in [-0.4, -0.2) is 61.6 Å². The summed E-state index contributed by atoms with van der Waals surface area (Å²) >= 11 is 0. The molecule has 1 atom stereocenters. The van der Waals surface area contributed by atoms with Gasteiger partial charge in [-0.3, -0.25) is 4.79 Å². The molecule has 4 rings (SSSR count). The van der Waals surface area contributed by atoms with E-state index in [0.717, 1.165) is 56.1 Å². The number of hydrogen-bond donors (Lipinski definition) is 0. The molecule has 6 heteroatoms. The Bertz CT molecular complexity index is 830. The molecule has 0 aliphatic carbocycles. The summed E-state index contributed by atoms with van der Waals surface area (Å²) in [5.74, 6) is 2.10. The molecule has 0 N–H and O–H groups in total. The zero-order valence-corrected chi connectivity index (χ0v) is 17.0. The van der Waals surface area contributed by atoms with Crippen molar-refractivity contribution in [1.82, 2.24) is 14.9 Å². The molecule has 2 aliphatic rings. The zero-order valence-electron chi connectivity index (χ0n) is 17.0. The van der Waals surface area contributed by atoms with E-state index < -0.39 is 0 Å². The highest BCUT2D eigenvalue weighted by Crippen LogP contribution is 2.46. The normalized spacial score (nSPS) is 21.8. The van der Waals surface area contributed by atoms with Crippen molar-refractivity contribution in [3.8, 4) is 0 Å². The number of aromatic nitrogens is 2. The van der Waals surface area contributed by atoms with Crippen molar-refractivity contribution in [1.29, 1.82) is 0 Å².